The van der Waals surface area contributed by atoms with Gasteiger partial charge in [-0.05, 0) is 44.5 Å². The van der Waals surface area contributed by atoms with Crippen molar-refractivity contribution in [3.8, 4) is 17.0 Å². The summed E-state index contributed by atoms with van der Waals surface area (Å²) in [6.45, 7) is 7.86. The van der Waals surface area contributed by atoms with Gasteiger partial charge in [-0.3, -0.25) is 5.10 Å². The molecule has 1 atom stereocenters. The normalized spacial score (nSPS) is 15.8. The van der Waals surface area contributed by atoms with Crippen LogP contribution in [0, 0.1) is 13.8 Å². The quantitative estimate of drug-likeness (QED) is 0.418. The molecule has 0 unspecified atom stereocenters. The number of aromatic nitrogens is 6. The maximum atomic E-state index is 11.7. The van der Waals surface area contributed by atoms with E-state index in [4.69, 9.17) is 4.74 Å². The van der Waals surface area contributed by atoms with Crippen molar-refractivity contribution in [2.45, 2.75) is 26.9 Å². The molecule has 4 aromatic rings. The van der Waals surface area contributed by atoms with Crippen molar-refractivity contribution in [3.63, 3.8) is 0 Å². The van der Waals surface area contributed by atoms with Gasteiger partial charge in [0.15, 0.2) is 0 Å². The third kappa shape index (κ3) is 4.73. The fraction of sp³-hybridized carbons (Fsp3) is 0.375. The first kappa shape index (κ1) is 24.1. The molecular formula is C24H28N8O3S. The molecule has 0 spiro atoms. The lowest BCUT2D eigenvalue weighted by molar-refractivity contribution is 0.225. The van der Waals surface area contributed by atoms with Gasteiger partial charge in [0.2, 0.25) is 16.0 Å². The van der Waals surface area contributed by atoms with E-state index in [1.807, 2.05) is 43.9 Å². The number of H-pyrrole nitrogens is 1. The number of rotatable bonds is 6. The Morgan fingerprint density at radius 3 is 2.44 bits per heavy atom. The van der Waals surface area contributed by atoms with Crippen molar-refractivity contribution in [1.82, 2.24) is 34.7 Å². The highest BCUT2D eigenvalue weighted by molar-refractivity contribution is 7.88. The Bertz CT molecular complexity index is 1480. The van der Waals surface area contributed by atoms with Crippen molar-refractivity contribution in [2.75, 3.05) is 37.3 Å². The molecule has 0 aliphatic carbocycles. The molecule has 1 N–H and O–H groups in total. The Balaban J connectivity index is 1.35. The number of ether oxygens (including phenoxy) is 1. The van der Waals surface area contributed by atoms with Gasteiger partial charge in [-0.1, -0.05) is 0 Å². The van der Waals surface area contributed by atoms with Gasteiger partial charge in [-0.2, -0.15) is 19.6 Å². The Hall–Kier alpha value is -3.64. The molecule has 0 radical (unpaired) electrons. The van der Waals surface area contributed by atoms with Crippen molar-refractivity contribution in [1.29, 1.82) is 0 Å². The van der Waals surface area contributed by atoms with E-state index in [1.54, 1.807) is 18.6 Å². The second-order valence-electron chi connectivity index (χ2n) is 8.99. The molecule has 5 rings (SSSR count). The first-order valence-corrected chi connectivity index (χ1v) is 13.5. The van der Waals surface area contributed by atoms with Crippen LogP contribution < -0.4 is 9.64 Å². The van der Waals surface area contributed by atoms with Gasteiger partial charge in [0.05, 0.1) is 23.7 Å². The Kier molecular flexibility index (Phi) is 6.31. The molecule has 1 aromatic carbocycles. The highest BCUT2D eigenvalue weighted by Crippen LogP contribution is 2.32. The average Bonchev–Trinajstić information content (AvgIpc) is 3.27. The van der Waals surface area contributed by atoms with Gasteiger partial charge in [0.25, 0.3) is 0 Å². The lowest BCUT2D eigenvalue weighted by Crippen LogP contribution is -2.48. The molecule has 36 heavy (non-hydrogen) atoms. The summed E-state index contributed by atoms with van der Waals surface area (Å²) in [7, 11) is -3.18. The van der Waals surface area contributed by atoms with E-state index < -0.39 is 10.0 Å². The van der Waals surface area contributed by atoms with Crippen LogP contribution in [0.3, 0.4) is 0 Å². The van der Waals surface area contributed by atoms with Crippen LogP contribution in [0.1, 0.15) is 29.8 Å². The third-order valence-electron chi connectivity index (χ3n) is 6.43. The largest absolute Gasteiger partial charge is 0.486 e. The zero-order chi connectivity index (χ0) is 25.4. The summed E-state index contributed by atoms with van der Waals surface area (Å²) in [4.78, 5) is 11.0. The number of benzene rings is 1. The minimum absolute atomic E-state index is 0.195. The highest BCUT2D eigenvalue weighted by Gasteiger charge is 2.25. The number of nitrogens with zero attached hydrogens (tertiary/aromatic N) is 7. The fourth-order valence-corrected chi connectivity index (χ4v) is 5.43. The Morgan fingerprint density at radius 2 is 1.78 bits per heavy atom. The Labute approximate surface area is 209 Å². The summed E-state index contributed by atoms with van der Waals surface area (Å²) in [6, 6.07) is 5.81. The average molecular weight is 509 g/mol. The van der Waals surface area contributed by atoms with Crippen LogP contribution in [0.4, 0.5) is 5.95 Å². The lowest BCUT2D eigenvalue weighted by Gasteiger charge is -2.33. The smallest absolute Gasteiger partial charge is 0.225 e. The summed E-state index contributed by atoms with van der Waals surface area (Å²) in [5.74, 6) is 1.29. The molecule has 12 heteroatoms. The fourth-order valence-electron chi connectivity index (χ4n) is 4.60. The molecule has 11 nitrogen and oxygen atoms in total. The molecule has 4 heterocycles. The summed E-state index contributed by atoms with van der Waals surface area (Å²) < 4.78 is 31.2. The lowest BCUT2D eigenvalue weighted by atomic mass is 10.0. The zero-order valence-corrected chi connectivity index (χ0v) is 21.4. The van der Waals surface area contributed by atoms with Gasteiger partial charge in [-0.25, -0.2) is 18.4 Å². The van der Waals surface area contributed by atoms with Crippen LogP contribution in [0.2, 0.25) is 0 Å². The number of hydrogen-bond donors (Lipinski definition) is 1. The van der Waals surface area contributed by atoms with E-state index in [-0.39, 0.29) is 6.10 Å². The van der Waals surface area contributed by atoms with Crippen LogP contribution in [-0.4, -0.2) is 75.5 Å². The molecule has 1 aliphatic heterocycles. The molecule has 188 valence electrons. The van der Waals surface area contributed by atoms with Gasteiger partial charge in [0, 0.05) is 55.1 Å². The van der Waals surface area contributed by atoms with Crippen LogP contribution in [0.25, 0.3) is 22.2 Å². The van der Waals surface area contributed by atoms with Gasteiger partial charge in [-0.15, -0.1) is 0 Å². The molecular weight excluding hydrogens is 480 g/mol. The number of fused-ring (bicyclic) bond motifs is 1. The minimum atomic E-state index is -3.18. The topological polar surface area (TPSA) is 130 Å². The standard InChI is InChI=1S/C24H28N8O3S/c1-15-12-27-28-16(2)22(15)17(3)35-19-5-6-21-20(11-19)23(30-29-21)18-13-25-24(26-14-18)31-7-9-32(10-8-31)36(4,33)34/h5-6,11-14,17H,7-10H2,1-4H3,(H,29,30)/t17-/m0/s1. The van der Waals surface area contributed by atoms with E-state index in [2.05, 4.69) is 30.4 Å². The summed E-state index contributed by atoms with van der Waals surface area (Å²) in [6.07, 6.45) is 6.27. The number of aryl methyl sites for hydroxylation is 2. The van der Waals surface area contributed by atoms with Crippen molar-refractivity contribution < 1.29 is 13.2 Å². The number of sulfonamides is 1. The van der Waals surface area contributed by atoms with Crippen LogP contribution in [-0.2, 0) is 10.0 Å². The summed E-state index contributed by atoms with van der Waals surface area (Å²) in [5.41, 5.74) is 5.30. The molecule has 0 saturated carbocycles. The van der Waals surface area contributed by atoms with E-state index in [9.17, 15) is 8.42 Å². The number of piperazine rings is 1. The van der Waals surface area contributed by atoms with Gasteiger partial charge < -0.3 is 9.64 Å². The van der Waals surface area contributed by atoms with E-state index in [0.29, 0.717) is 32.1 Å². The molecule has 1 fully saturated rings. The Morgan fingerprint density at radius 1 is 1.06 bits per heavy atom. The number of aromatic amines is 1. The van der Waals surface area contributed by atoms with E-state index in [1.165, 1.54) is 10.6 Å². The third-order valence-corrected chi connectivity index (χ3v) is 7.73. The summed E-state index contributed by atoms with van der Waals surface area (Å²) in [5, 5.41) is 16.6. The molecule has 0 amide bonds. The maximum Gasteiger partial charge on any atom is 0.225 e. The number of nitrogens with one attached hydrogen (secondary N) is 1. The van der Waals surface area contributed by atoms with Gasteiger partial charge >= 0.3 is 0 Å². The second kappa shape index (κ2) is 9.43. The molecule has 1 saturated heterocycles. The van der Waals surface area contributed by atoms with Crippen LogP contribution in [0.15, 0.2) is 36.8 Å². The summed E-state index contributed by atoms with van der Waals surface area (Å²) >= 11 is 0. The maximum absolute atomic E-state index is 11.7. The second-order valence-corrected chi connectivity index (χ2v) is 11.0. The molecule has 1 aliphatic rings. The SMILES string of the molecule is Cc1cnnc(C)c1[C@H](C)Oc1ccc2[nH]nc(-c3cnc(N4CCN(S(C)(=O)=O)CC4)nc3)c2c1. The number of anilines is 1. The zero-order valence-electron chi connectivity index (χ0n) is 20.6. The molecule has 0 bridgehead atoms. The monoisotopic (exact) mass is 508 g/mol. The van der Waals surface area contributed by atoms with E-state index in [0.717, 1.165) is 44.7 Å². The van der Waals surface area contributed by atoms with Crippen molar-refractivity contribution in [2.24, 2.45) is 0 Å². The van der Waals surface area contributed by atoms with Crippen LogP contribution in [0.5, 0.6) is 5.75 Å². The van der Waals surface area contributed by atoms with Crippen molar-refractivity contribution >= 4 is 26.9 Å². The predicted molar refractivity (Wildman–Crippen MR) is 136 cm³/mol. The van der Waals surface area contributed by atoms with Crippen molar-refractivity contribution in [3.05, 3.63) is 53.6 Å². The molecule has 3 aromatic heterocycles. The minimum Gasteiger partial charge on any atom is -0.486 e. The highest BCUT2D eigenvalue weighted by atomic mass is 32.2. The number of hydrogen-bond acceptors (Lipinski definition) is 9. The first-order valence-electron chi connectivity index (χ1n) is 11.7. The van der Waals surface area contributed by atoms with Gasteiger partial charge in [0.1, 0.15) is 17.5 Å². The van der Waals surface area contributed by atoms with Crippen LogP contribution >= 0.6 is 0 Å². The first-order chi connectivity index (χ1) is 17.2. The van der Waals surface area contributed by atoms with E-state index >= 15 is 0 Å². The predicted octanol–water partition coefficient (Wildman–Crippen LogP) is 2.65.